The Morgan fingerprint density at radius 3 is 2.12 bits per heavy atom. The van der Waals surface area contributed by atoms with Gasteiger partial charge in [-0.25, -0.2) is 9.78 Å². The third-order valence-corrected chi connectivity index (χ3v) is 5.56. The number of carbonyl (C=O) groups is 1. The van der Waals surface area contributed by atoms with E-state index in [1.54, 1.807) is 42.5 Å². The Morgan fingerprint density at radius 2 is 1.53 bits per heavy atom. The van der Waals surface area contributed by atoms with Gasteiger partial charge in [0.2, 0.25) is 0 Å². The van der Waals surface area contributed by atoms with Gasteiger partial charge in [0.15, 0.2) is 0 Å². The van der Waals surface area contributed by atoms with Gasteiger partial charge in [-0.1, -0.05) is 29.3 Å². The molecule has 0 amide bonds. The van der Waals surface area contributed by atoms with Crippen molar-refractivity contribution in [3.63, 3.8) is 0 Å². The molecular formula is C26H22Cl2N2O2. The Bertz CT molecular complexity index is 1300. The average Bonchev–Trinajstić information content (AvgIpc) is 3.11. The van der Waals surface area contributed by atoms with Crippen molar-refractivity contribution in [2.24, 2.45) is 0 Å². The quantitative estimate of drug-likeness (QED) is 0.225. The first-order valence-corrected chi connectivity index (χ1v) is 11.0. The standard InChI is InChI=1S/C26H22Cl2N2O2/c1-16(2)30-23-13-4-17(3)14-22(23)29-25(30)15-24(18-5-9-20(27)10-6-18)32-26(31)19-7-11-21(28)12-8-19/h4-16H,1-3H3. The number of hydrogen-bond acceptors (Lipinski definition) is 3. The predicted octanol–water partition coefficient (Wildman–Crippen LogP) is 7.59. The predicted molar refractivity (Wildman–Crippen MR) is 131 cm³/mol. The van der Waals surface area contributed by atoms with Gasteiger partial charge in [-0.2, -0.15) is 0 Å². The lowest BCUT2D eigenvalue weighted by Crippen LogP contribution is -2.07. The summed E-state index contributed by atoms with van der Waals surface area (Å²) < 4.78 is 7.97. The Balaban J connectivity index is 1.82. The molecule has 0 aliphatic rings. The molecule has 0 unspecified atom stereocenters. The van der Waals surface area contributed by atoms with Crippen molar-refractivity contribution in [3.05, 3.63) is 99.3 Å². The molecule has 4 rings (SSSR count). The van der Waals surface area contributed by atoms with Crippen molar-refractivity contribution in [2.75, 3.05) is 0 Å². The zero-order valence-corrected chi connectivity index (χ0v) is 19.5. The number of benzene rings is 3. The van der Waals surface area contributed by atoms with Gasteiger partial charge >= 0.3 is 5.97 Å². The molecule has 0 saturated carbocycles. The average molecular weight is 465 g/mol. The maximum Gasteiger partial charge on any atom is 0.343 e. The zero-order valence-electron chi connectivity index (χ0n) is 18.0. The molecule has 0 aliphatic heterocycles. The third kappa shape index (κ3) is 4.72. The van der Waals surface area contributed by atoms with Crippen molar-refractivity contribution in [2.45, 2.75) is 26.8 Å². The van der Waals surface area contributed by atoms with Crippen LogP contribution in [0.25, 0.3) is 22.9 Å². The third-order valence-electron chi connectivity index (χ3n) is 5.06. The molecule has 4 nitrogen and oxygen atoms in total. The number of carbonyl (C=O) groups excluding carboxylic acids is 1. The molecule has 0 saturated heterocycles. The fraction of sp³-hybridized carbons (Fsp3) is 0.154. The number of aryl methyl sites for hydroxylation is 1. The molecule has 0 bridgehead atoms. The van der Waals surface area contributed by atoms with E-state index < -0.39 is 5.97 Å². The summed E-state index contributed by atoms with van der Waals surface area (Å²) in [5.41, 5.74) is 4.17. The number of fused-ring (bicyclic) bond motifs is 1. The summed E-state index contributed by atoms with van der Waals surface area (Å²) in [7, 11) is 0. The lowest BCUT2D eigenvalue weighted by Gasteiger charge is -2.13. The largest absolute Gasteiger partial charge is 0.422 e. The number of rotatable bonds is 5. The topological polar surface area (TPSA) is 44.1 Å². The zero-order chi connectivity index (χ0) is 22.8. The second-order valence-corrected chi connectivity index (χ2v) is 8.71. The van der Waals surface area contributed by atoms with Gasteiger partial charge < -0.3 is 9.30 Å². The van der Waals surface area contributed by atoms with Crippen LogP contribution in [0.2, 0.25) is 10.0 Å². The fourth-order valence-electron chi connectivity index (χ4n) is 3.52. The van der Waals surface area contributed by atoms with E-state index in [9.17, 15) is 4.79 Å². The summed E-state index contributed by atoms with van der Waals surface area (Å²) >= 11 is 12.0. The van der Waals surface area contributed by atoms with Gasteiger partial charge in [-0.15, -0.1) is 0 Å². The summed E-state index contributed by atoms with van der Waals surface area (Å²) in [6.45, 7) is 6.23. The number of hydrogen-bond donors (Lipinski definition) is 0. The van der Waals surface area contributed by atoms with Crippen LogP contribution >= 0.6 is 23.2 Å². The van der Waals surface area contributed by atoms with E-state index in [2.05, 4.69) is 30.5 Å². The SMILES string of the molecule is Cc1ccc2c(c1)nc(C=C(OC(=O)c1ccc(Cl)cc1)c1ccc(Cl)cc1)n2C(C)C. The lowest BCUT2D eigenvalue weighted by atomic mass is 10.1. The summed E-state index contributed by atoms with van der Waals surface area (Å²) in [5, 5.41) is 1.15. The molecule has 0 atom stereocenters. The number of aromatic nitrogens is 2. The first-order valence-electron chi connectivity index (χ1n) is 10.3. The van der Waals surface area contributed by atoms with Gasteiger partial charge in [0, 0.05) is 27.7 Å². The van der Waals surface area contributed by atoms with E-state index >= 15 is 0 Å². The van der Waals surface area contributed by atoms with Gasteiger partial charge in [0.05, 0.1) is 16.6 Å². The molecule has 162 valence electrons. The summed E-state index contributed by atoms with van der Waals surface area (Å²) in [6, 6.07) is 20.1. The van der Waals surface area contributed by atoms with Crippen LogP contribution in [-0.4, -0.2) is 15.5 Å². The smallest absolute Gasteiger partial charge is 0.343 e. The van der Waals surface area contributed by atoms with Crippen molar-refractivity contribution < 1.29 is 9.53 Å². The van der Waals surface area contributed by atoms with Crippen molar-refractivity contribution in [1.82, 2.24) is 9.55 Å². The molecule has 4 aromatic rings. The highest BCUT2D eigenvalue weighted by Gasteiger charge is 2.17. The van der Waals surface area contributed by atoms with Crippen LogP contribution in [0.4, 0.5) is 0 Å². The maximum atomic E-state index is 12.9. The van der Waals surface area contributed by atoms with Gasteiger partial charge in [-0.3, -0.25) is 0 Å². The minimum atomic E-state index is -0.481. The summed E-state index contributed by atoms with van der Waals surface area (Å²) in [6.07, 6.45) is 1.80. The maximum absolute atomic E-state index is 12.9. The highest BCUT2D eigenvalue weighted by molar-refractivity contribution is 6.31. The van der Waals surface area contributed by atoms with E-state index in [-0.39, 0.29) is 6.04 Å². The van der Waals surface area contributed by atoms with Crippen molar-refractivity contribution in [1.29, 1.82) is 0 Å². The number of imidazole rings is 1. The molecule has 0 radical (unpaired) electrons. The molecule has 1 heterocycles. The molecule has 0 N–H and O–H groups in total. The van der Waals surface area contributed by atoms with E-state index in [0.29, 0.717) is 27.2 Å². The Morgan fingerprint density at radius 1 is 0.938 bits per heavy atom. The highest BCUT2D eigenvalue weighted by atomic mass is 35.5. The molecule has 3 aromatic carbocycles. The Kier molecular flexibility index (Phi) is 6.35. The van der Waals surface area contributed by atoms with Crippen LogP contribution in [0.1, 0.15) is 47.2 Å². The monoisotopic (exact) mass is 464 g/mol. The number of esters is 1. The normalized spacial score (nSPS) is 11.9. The molecule has 0 aliphatic carbocycles. The minimum Gasteiger partial charge on any atom is -0.422 e. The van der Waals surface area contributed by atoms with Gasteiger partial charge in [0.1, 0.15) is 11.6 Å². The minimum absolute atomic E-state index is 0.160. The van der Waals surface area contributed by atoms with Crippen LogP contribution in [-0.2, 0) is 4.74 Å². The molecule has 0 spiro atoms. The van der Waals surface area contributed by atoms with E-state index in [0.717, 1.165) is 22.2 Å². The second kappa shape index (κ2) is 9.19. The Hall–Kier alpha value is -3.08. The molecule has 32 heavy (non-hydrogen) atoms. The van der Waals surface area contributed by atoms with Crippen LogP contribution < -0.4 is 0 Å². The molecule has 6 heteroatoms. The van der Waals surface area contributed by atoms with Crippen LogP contribution in [0, 0.1) is 6.92 Å². The van der Waals surface area contributed by atoms with E-state index in [1.165, 1.54) is 0 Å². The second-order valence-electron chi connectivity index (χ2n) is 7.84. The fourth-order valence-corrected chi connectivity index (χ4v) is 3.77. The summed E-state index contributed by atoms with van der Waals surface area (Å²) in [5.74, 6) is 0.607. The van der Waals surface area contributed by atoms with Crippen LogP contribution in [0.3, 0.4) is 0 Å². The molecular weight excluding hydrogens is 443 g/mol. The summed E-state index contributed by atoms with van der Waals surface area (Å²) in [4.78, 5) is 17.7. The highest BCUT2D eigenvalue weighted by Crippen LogP contribution is 2.28. The Labute approximate surface area is 197 Å². The van der Waals surface area contributed by atoms with Gasteiger partial charge in [0.25, 0.3) is 0 Å². The molecule has 0 fully saturated rings. The number of ether oxygens (including phenoxy) is 1. The first-order chi connectivity index (χ1) is 15.3. The van der Waals surface area contributed by atoms with E-state index in [1.807, 2.05) is 25.1 Å². The van der Waals surface area contributed by atoms with E-state index in [4.69, 9.17) is 32.9 Å². The van der Waals surface area contributed by atoms with Crippen LogP contribution in [0.15, 0.2) is 66.7 Å². The van der Waals surface area contributed by atoms with Crippen molar-refractivity contribution >= 4 is 52.0 Å². The first kappa shape index (κ1) is 22.1. The number of nitrogens with zero attached hydrogens (tertiary/aromatic N) is 2. The number of halogens is 2. The molecule has 1 aromatic heterocycles. The van der Waals surface area contributed by atoms with Crippen LogP contribution in [0.5, 0.6) is 0 Å². The van der Waals surface area contributed by atoms with Gasteiger partial charge in [-0.05, 0) is 87.0 Å². The lowest BCUT2D eigenvalue weighted by molar-refractivity contribution is 0.0693. The van der Waals surface area contributed by atoms with Crippen molar-refractivity contribution in [3.8, 4) is 0 Å².